The number of aromatic nitrogens is 1. The molecular weight excluding hydrogens is 816 g/mol. The van der Waals surface area contributed by atoms with Crippen LogP contribution in [0.15, 0.2) is 81.7 Å². The molecule has 1 aliphatic rings. The smallest absolute Gasteiger partial charge is 0.271 e. The number of hydrogen-bond acceptors (Lipinski definition) is 7. The minimum absolute atomic E-state index is 0.172. The molecule has 0 unspecified atom stereocenters. The third-order valence-corrected chi connectivity index (χ3v) is 9.99. The van der Waals surface area contributed by atoms with Gasteiger partial charge in [0.25, 0.3) is 11.5 Å². The van der Waals surface area contributed by atoms with Gasteiger partial charge in [0.05, 0.1) is 33.6 Å². The van der Waals surface area contributed by atoms with Crippen molar-refractivity contribution in [1.82, 2.24) is 9.47 Å². The van der Waals surface area contributed by atoms with E-state index in [4.69, 9.17) is 19.2 Å². The van der Waals surface area contributed by atoms with Crippen LogP contribution in [0.1, 0.15) is 43.5 Å². The second kappa shape index (κ2) is 14.5. The molecule has 45 heavy (non-hydrogen) atoms. The molecule has 0 saturated heterocycles. The standard InChI is InChI=1S/C34H33I2N3O5S/c1-6-38(7-2)33(41)29-20(3)37-34-39(30(29)25-18-24(42-4)13-14-27(25)43-5)32(40)28(45-34)16-22-15-23(35)17-26(36)31(22)44-19-21-11-9-8-10-12-21/h8-18,30H,6-7,19H2,1-5H3/b28-16+/t30-/m1/s1. The number of carbonyl (C=O) groups excluding carboxylic acids is 1. The molecule has 0 fully saturated rings. The molecule has 0 aliphatic carbocycles. The van der Waals surface area contributed by atoms with Crippen molar-refractivity contribution >= 4 is 68.5 Å². The van der Waals surface area contributed by atoms with Crippen molar-refractivity contribution < 1.29 is 19.0 Å². The number of fused-ring (bicyclic) bond motifs is 1. The SMILES string of the molecule is CCN(CC)C(=O)C1=C(C)N=c2s/c(=C/c3cc(I)cc(I)c3OCc3ccccc3)c(=O)n2[C@@H]1c1cc(OC)ccc1OC. The minimum Gasteiger partial charge on any atom is -0.497 e. The number of nitrogens with zero attached hydrogens (tertiary/aromatic N) is 3. The Bertz CT molecular complexity index is 1950. The lowest BCUT2D eigenvalue weighted by atomic mass is 9.93. The first-order chi connectivity index (χ1) is 21.7. The van der Waals surface area contributed by atoms with E-state index in [1.165, 1.54) is 11.3 Å². The Labute approximate surface area is 293 Å². The lowest BCUT2D eigenvalue weighted by molar-refractivity contribution is -0.127. The molecule has 0 bridgehead atoms. The van der Waals surface area contributed by atoms with Gasteiger partial charge in [0.15, 0.2) is 4.80 Å². The number of carbonyl (C=O) groups is 1. The van der Waals surface area contributed by atoms with Gasteiger partial charge in [-0.25, -0.2) is 4.99 Å². The largest absolute Gasteiger partial charge is 0.497 e. The van der Waals surface area contributed by atoms with Crippen LogP contribution in [0.25, 0.3) is 6.08 Å². The van der Waals surface area contributed by atoms with Crippen LogP contribution in [-0.4, -0.2) is 42.7 Å². The quantitative estimate of drug-likeness (QED) is 0.186. The summed E-state index contributed by atoms with van der Waals surface area (Å²) < 4.78 is 21.7. The normalized spacial score (nSPS) is 14.6. The maximum Gasteiger partial charge on any atom is 0.271 e. The van der Waals surface area contributed by atoms with Crippen LogP contribution in [0, 0.1) is 7.14 Å². The third-order valence-electron chi connectivity index (χ3n) is 7.58. The summed E-state index contributed by atoms with van der Waals surface area (Å²) in [5.41, 5.74) is 3.22. The van der Waals surface area contributed by atoms with E-state index in [1.54, 1.807) is 35.8 Å². The van der Waals surface area contributed by atoms with Gasteiger partial charge in [-0.2, -0.15) is 0 Å². The highest BCUT2D eigenvalue weighted by atomic mass is 127. The zero-order valence-electron chi connectivity index (χ0n) is 25.6. The fourth-order valence-corrected chi connectivity index (χ4v) is 8.42. The maximum atomic E-state index is 14.4. The Balaban J connectivity index is 1.72. The van der Waals surface area contributed by atoms with Gasteiger partial charge in [-0.1, -0.05) is 41.7 Å². The summed E-state index contributed by atoms with van der Waals surface area (Å²) in [4.78, 5) is 35.5. The summed E-state index contributed by atoms with van der Waals surface area (Å²) in [7, 11) is 3.16. The maximum absolute atomic E-state index is 14.4. The highest BCUT2D eigenvalue weighted by Crippen LogP contribution is 2.38. The zero-order valence-corrected chi connectivity index (χ0v) is 30.7. The van der Waals surface area contributed by atoms with Crippen molar-refractivity contribution in [2.45, 2.75) is 33.4 Å². The first-order valence-corrected chi connectivity index (χ1v) is 17.4. The molecular formula is C34H33I2N3O5S. The number of thiazole rings is 1. The number of allylic oxidation sites excluding steroid dienone is 1. The molecule has 5 rings (SSSR count). The predicted molar refractivity (Wildman–Crippen MR) is 194 cm³/mol. The molecule has 3 aromatic carbocycles. The van der Waals surface area contributed by atoms with Crippen molar-refractivity contribution in [3.05, 3.63) is 115 Å². The lowest BCUT2D eigenvalue weighted by Crippen LogP contribution is -2.43. The van der Waals surface area contributed by atoms with E-state index in [1.807, 2.05) is 75.4 Å². The number of benzene rings is 3. The van der Waals surface area contributed by atoms with Gasteiger partial charge in [-0.05, 0) is 108 Å². The summed E-state index contributed by atoms with van der Waals surface area (Å²) >= 11 is 5.83. The van der Waals surface area contributed by atoms with Crippen LogP contribution in [0.3, 0.4) is 0 Å². The van der Waals surface area contributed by atoms with Gasteiger partial charge in [0.2, 0.25) is 0 Å². The molecule has 1 amide bonds. The van der Waals surface area contributed by atoms with Crippen molar-refractivity contribution in [2.24, 2.45) is 4.99 Å². The zero-order chi connectivity index (χ0) is 32.2. The highest BCUT2D eigenvalue weighted by molar-refractivity contribution is 14.1. The van der Waals surface area contributed by atoms with E-state index in [0.29, 0.717) is 63.1 Å². The van der Waals surface area contributed by atoms with Gasteiger partial charge < -0.3 is 19.1 Å². The van der Waals surface area contributed by atoms with E-state index in [2.05, 4.69) is 45.2 Å². The van der Waals surface area contributed by atoms with Gasteiger partial charge in [-0.3, -0.25) is 14.2 Å². The van der Waals surface area contributed by atoms with E-state index >= 15 is 0 Å². The number of likely N-dealkylation sites (N-methyl/N-ethyl adjacent to an activating group) is 1. The summed E-state index contributed by atoms with van der Waals surface area (Å²) in [5, 5.41) is 0. The van der Waals surface area contributed by atoms with Crippen LogP contribution in [-0.2, 0) is 11.4 Å². The first-order valence-electron chi connectivity index (χ1n) is 14.4. The molecule has 0 spiro atoms. The third kappa shape index (κ3) is 6.85. The van der Waals surface area contributed by atoms with E-state index in [-0.39, 0.29) is 11.5 Å². The van der Waals surface area contributed by atoms with Gasteiger partial charge in [-0.15, -0.1) is 0 Å². The van der Waals surface area contributed by atoms with Gasteiger partial charge in [0.1, 0.15) is 29.9 Å². The molecule has 0 N–H and O–H groups in total. The van der Waals surface area contributed by atoms with E-state index in [0.717, 1.165) is 18.3 Å². The van der Waals surface area contributed by atoms with Crippen LogP contribution in [0.5, 0.6) is 17.2 Å². The topological polar surface area (TPSA) is 82.4 Å². The summed E-state index contributed by atoms with van der Waals surface area (Å²) in [6.07, 6.45) is 1.86. The summed E-state index contributed by atoms with van der Waals surface area (Å²) in [6.45, 7) is 7.14. The Hall–Kier alpha value is -3.17. The fourth-order valence-electron chi connectivity index (χ4n) is 5.33. The Morgan fingerprint density at radius 1 is 1.04 bits per heavy atom. The second-order valence-electron chi connectivity index (χ2n) is 10.2. The van der Waals surface area contributed by atoms with Crippen LogP contribution in [0.2, 0.25) is 0 Å². The van der Waals surface area contributed by atoms with Crippen LogP contribution < -0.4 is 29.1 Å². The molecule has 0 saturated carbocycles. The Morgan fingerprint density at radius 3 is 2.44 bits per heavy atom. The molecule has 1 aliphatic heterocycles. The Morgan fingerprint density at radius 2 is 1.78 bits per heavy atom. The lowest BCUT2D eigenvalue weighted by Gasteiger charge is -2.30. The van der Waals surface area contributed by atoms with Crippen molar-refractivity contribution in [1.29, 1.82) is 0 Å². The molecule has 0 radical (unpaired) electrons. The van der Waals surface area contributed by atoms with Crippen molar-refractivity contribution in [3.8, 4) is 17.2 Å². The number of methoxy groups -OCH3 is 2. The molecule has 2 heterocycles. The number of ether oxygens (including phenoxy) is 3. The van der Waals surface area contributed by atoms with Crippen molar-refractivity contribution in [3.63, 3.8) is 0 Å². The first kappa shape index (κ1) is 33.2. The van der Waals surface area contributed by atoms with E-state index < -0.39 is 6.04 Å². The molecule has 1 atom stereocenters. The monoisotopic (exact) mass is 849 g/mol. The summed E-state index contributed by atoms with van der Waals surface area (Å²) in [5.74, 6) is 1.66. The molecule has 8 nitrogen and oxygen atoms in total. The molecule has 4 aromatic rings. The van der Waals surface area contributed by atoms with Crippen molar-refractivity contribution in [2.75, 3.05) is 27.3 Å². The number of amides is 1. The molecule has 234 valence electrons. The fraction of sp³-hybridized carbons (Fsp3) is 0.265. The van der Waals surface area contributed by atoms with E-state index in [9.17, 15) is 9.59 Å². The average Bonchev–Trinajstić information content (AvgIpc) is 3.34. The van der Waals surface area contributed by atoms with Gasteiger partial charge >= 0.3 is 0 Å². The number of halogens is 2. The highest BCUT2D eigenvalue weighted by Gasteiger charge is 2.36. The van der Waals surface area contributed by atoms with Gasteiger partial charge in [0, 0.05) is 27.8 Å². The number of rotatable bonds is 10. The average molecular weight is 850 g/mol. The second-order valence-corrected chi connectivity index (χ2v) is 13.7. The summed E-state index contributed by atoms with van der Waals surface area (Å²) in [6, 6.07) is 18.7. The van der Waals surface area contributed by atoms with Crippen LogP contribution in [0.4, 0.5) is 0 Å². The molecule has 11 heteroatoms. The minimum atomic E-state index is -0.772. The van der Waals surface area contributed by atoms with Crippen LogP contribution >= 0.6 is 56.5 Å². The predicted octanol–water partition coefficient (Wildman–Crippen LogP) is 5.91. The number of hydrogen-bond donors (Lipinski definition) is 0. The Kier molecular flexibility index (Phi) is 10.7. The molecule has 1 aromatic heterocycles.